The lowest BCUT2D eigenvalue weighted by atomic mass is 9.99. The van der Waals surface area contributed by atoms with E-state index in [4.69, 9.17) is 22.3 Å². The molecule has 0 saturated carbocycles. The van der Waals surface area contributed by atoms with Gasteiger partial charge in [0.15, 0.2) is 5.96 Å². The Morgan fingerprint density at radius 2 is 1.06 bits per heavy atom. The molecule has 0 radical (unpaired) electrons. The molecule has 1 aliphatic heterocycles. The van der Waals surface area contributed by atoms with Crippen molar-refractivity contribution in [2.45, 2.75) is 134 Å². The molecule has 0 bridgehead atoms. The summed E-state index contributed by atoms with van der Waals surface area (Å²) in [6, 6.07) is -12.7. The number of nitrogens with zero attached hydrogens (tertiary/aromatic N) is 2. The fraction of sp³-hybridized carbons (Fsp3) is 0.684. The van der Waals surface area contributed by atoms with E-state index >= 15 is 0 Å². The summed E-state index contributed by atoms with van der Waals surface area (Å²) in [5.41, 5.74) is 16.1. The number of aliphatic hydroxyl groups excluding tert-OH is 1. The second-order valence-corrected chi connectivity index (χ2v) is 16.2. The second kappa shape index (κ2) is 27.5. The van der Waals surface area contributed by atoms with Crippen LogP contribution in [0.1, 0.15) is 85.5 Å². The summed E-state index contributed by atoms with van der Waals surface area (Å²) in [5.74, 6) is -14.1. The zero-order valence-corrected chi connectivity index (χ0v) is 36.6. The first kappa shape index (κ1) is 56.4. The molecule has 1 aliphatic rings. The largest absolute Gasteiger partial charge is 0.481 e. The summed E-state index contributed by atoms with van der Waals surface area (Å²) in [4.78, 5) is 145. The Morgan fingerprint density at radius 1 is 0.615 bits per heavy atom. The molecule has 65 heavy (non-hydrogen) atoms. The number of carbonyl (C=O) groups excluding carboxylic acids is 7. The Balaban J connectivity index is 3.23. The number of nitrogens with two attached hydrogens (primary N) is 3. The van der Waals surface area contributed by atoms with Crippen LogP contribution < -0.4 is 49.1 Å². The highest BCUT2D eigenvalue weighted by Crippen LogP contribution is 2.21. The Morgan fingerprint density at radius 3 is 1.52 bits per heavy atom. The molecule has 0 aliphatic carbocycles. The normalized spacial score (nSPS) is 16.6. The highest BCUT2D eigenvalue weighted by Gasteiger charge is 2.40. The van der Waals surface area contributed by atoms with E-state index in [1.54, 1.807) is 27.7 Å². The molecule has 0 aromatic carbocycles. The van der Waals surface area contributed by atoms with Crippen molar-refractivity contribution < 1.29 is 78.3 Å². The summed E-state index contributed by atoms with van der Waals surface area (Å²) in [6.45, 7) is 5.93. The summed E-state index contributed by atoms with van der Waals surface area (Å²) in [7, 11) is 0. The highest BCUT2D eigenvalue weighted by molar-refractivity contribution is 5.99. The van der Waals surface area contributed by atoms with Crippen molar-refractivity contribution in [3.05, 3.63) is 0 Å². The zero-order chi connectivity index (χ0) is 49.7. The number of carboxylic acids is 4. The lowest BCUT2D eigenvalue weighted by Gasteiger charge is -2.31. The van der Waals surface area contributed by atoms with Crippen LogP contribution in [0.5, 0.6) is 0 Å². The maximum Gasteiger partial charge on any atom is 0.326 e. The summed E-state index contributed by atoms with van der Waals surface area (Å²) < 4.78 is 0. The predicted octanol–water partition coefficient (Wildman–Crippen LogP) is -5.14. The van der Waals surface area contributed by atoms with Crippen molar-refractivity contribution in [2.75, 3.05) is 19.7 Å². The molecule has 0 spiro atoms. The summed E-state index contributed by atoms with van der Waals surface area (Å²) in [5, 5.41) is 61.1. The van der Waals surface area contributed by atoms with E-state index in [0.717, 1.165) is 4.90 Å². The average molecular weight is 930 g/mol. The minimum Gasteiger partial charge on any atom is -0.481 e. The molecule has 366 valence electrons. The third-order valence-corrected chi connectivity index (χ3v) is 9.63. The summed E-state index contributed by atoms with van der Waals surface area (Å²) in [6.07, 6.45) is -2.64. The molecule has 1 heterocycles. The van der Waals surface area contributed by atoms with Crippen LogP contribution in [-0.2, 0) is 52.7 Å². The van der Waals surface area contributed by atoms with Crippen molar-refractivity contribution in [2.24, 2.45) is 34.0 Å². The monoisotopic (exact) mass is 929 g/mol. The first-order valence-electron chi connectivity index (χ1n) is 20.7. The number of aliphatic imine (C=N–C) groups is 1. The van der Waals surface area contributed by atoms with Gasteiger partial charge in [0.1, 0.15) is 42.3 Å². The van der Waals surface area contributed by atoms with Crippen LogP contribution in [0, 0.1) is 11.8 Å². The molecule has 0 aromatic rings. The van der Waals surface area contributed by atoms with Crippen LogP contribution >= 0.6 is 0 Å². The van der Waals surface area contributed by atoms with Gasteiger partial charge in [0.2, 0.25) is 41.4 Å². The molecule has 27 heteroatoms. The van der Waals surface area contributed by atoms with Crippen molar-refractivity contribution in [1.82, 2.24) is 36.8 Å². The van der Waals surface area contributed by atoms with Crippen molar-refractivity contribution >= 4 is 71.2 Å². The lowest BCUT2D eigenvalue weighted by Crippen LogP contribution is -2.61. The van der Waals surface area contributed by atoms with E-state index in [0.29, 0.717) is 0 Å². The highest BCUT2D eigenvalue weighted by atomic mass is 16.4. The Hall–Kier alpha value is -6.64. The van der Waals surface area contributed by atoms with E-state index < -0.39 is 139 Å². The zero-order valence-electron chi connectivity index (χ0n) is 36.6. The number of aliphatic hydroxyl groups is 1. The molecule has 1 fully saturated rings. The van der Waals surface area contributed by atoms with Gasteiger partial charge in [-0.05, 0) is 50.4 Å². The third-order valence-electron chi connectivity index (χ3n) is 9.63. The number of hydrogen-bond acceptors (Lipinski definition) is 14. The first-order valence-corrected chi connectivity index (χ1v) is 20.7. The Labute approximate surface area is 373 Å². The average Bonchev–Trinajstić information content (AvgIpc) is 3.68. The quantitative estimate of drug-likeness (QED) is 0.0189. The van der Waals surface area contributed by atoms with Crippen molar-refractivity contribution in [3.63, 3.8) is 0 Å². The van der Waals surface area contributed by atoms with Gasteiger partial charge in [-0.3, -0.25) is 52.9 Å². The number of carbonyl (C=O) groups is 11. The van der Waals surface area contributed by atoms with Gasteiger partial charge in [0.05, 0.1) is 31.9 Å². The molecule has 8 atom stereocenters. The molecular formula is C38H63N11O16. The topological polar surface area (TPSA) is 455 Å². The van der Waals surface area contributed by atoms with Crippen molar-refractivity contribution in [3.8, 4) is 0 Å². The number of guanidine groups is 1. The standard InChI is InChI=1S/C38H63N11O16/c1-17(2)11-21(44-30(57)19(39)13-27(51)52)31(58)47-24(12-18(3)4)36(63)49-10-6-8-26(49)35(62)48-25(16-50)34(61)46-23(15-29(55)56)33(60)45-22(14-28(53)54)32(59)43-20(37(64)65)7-5-9-42-38(40)41/h17-26,50H,5-16,39H2,1-4H3,(H,43,59)(H,44,57)(H,45,60)(H,46,61)(H,47,58)(H,48,62)(H,51,52)(H,53,54)(H,55,56)(H,64,65)(H4,40,41,42)/t19-,20-,21-,22-,23-,24-,25-,26-/m0/s1. The number of amides is 7. The number of likely N-dealkylation sites (tertiary alicyclic amines) is 1. The van der Waals surface area contributed by atoms with Gasteiger partial charge in [-0.15, -0.1) is 0 Å². The van der Waals surface area contributed by atoms with Crippen LogP contribution in [0.15, 0.2) is 4.99 Å². The lowest BCUT2D eigenvalue weighted by molar-refractivity contribution is -0.145. The van der Waals surface area contributed by atoms with Crippen LogP contribution in [0.4, 0.5) is 0 Å². The van der Waals surface area contributed by atoms with Crippen molar-refractivity contribution in [1.29, 1.82) is 0 Å². The molecule has 0 unspecified atom stereocenters. The third kappa shape index (κ3) is 20.6. The molecule has 7 amide bonds. The van der Waals surface area contributed by atoms with Gasteiger partial charge in [0, 0.05) is 13.1 Å². The van der Waals surface area contributed by atoms with Crippen LogP contribution in [0.2, 0.25) is 0 Å². The van der Waals surface area contributed by atoms with E-state index in [2.05, 4.69) is 26.3 Å². The minimum atomic E-state index is -2.05. The van der Waals surface area contributed by atoms with E-state index in [9.17, 15) is 73.2 Å². The molecule has 17 N–H and O–H groups in total. The number of hydrogen-bond donors (Lipinski definition) is 14. The first-order chi connectivity index (χ1) is 30.3. The van der Waals surface area contributed by atoms with Gasteiger partial charge in [0.25, 0.3) is 0 Å². The number of aliphatic carboxylic acids is 4. The maximum atomic E-state index is 14.0. The fourth-order valence-electron chi connectivity index (χ4n) is 6.54. The molecule has 0 aromatic heterocycles. The Bertz CT molecular complexity index is 1770. The van der Waals surface area contributed by atoms with Gasteiger partial charge < -0.3 is 79.5 Å². The number of nitrogens with one attached hydrogen (secondary N) is 6. The molecule has 1 saturated heterocycles. The van der Waals surface area contributed by atoms with Crippen LogP contribution in [-0.4, -0.2) is 170 Å². The SMILES string of the molecule is CC(C)C[C@H](NC(=O)[C@@H](N)CC(=O)O)C(=O)N[C@@H](CC(C)C)C(=O)N1CCC[C@H]1C(=O)N[C@@H](CO)C(=O)N[C@@H](CC(=O)O)C(=O)N[C@@H](CC(=O)O)C(=O)N[C@@H](CCCN=C(N)N)C(=O)O. The second-order valence-electron chi connectivity index (χ2n) is 16.2. The van der Waals surface area contributed by atoms with Gasteiger partial charge in [-0.1, -0.05) is 27.7 Å². The number of carboxylic acid groups (broad SMARTS) is 4. The molecular weight excluding hydrogens is 866 g/mol. The molecule has 27 nitrogen and oxygen atoms in total. The maximum absolute atomic E-state index is 14.0. The Kier molecular flexibility index (Phi) is 23.9. The van der Waals surface area contributed by atoms with Crippen LogP contribution in [0.3, 0.4) is 0 Å². The van der Waals surface area contributed by atoms with E-state index in [1.165, 1.54) is 0 Å². The van der Waals surface area contributed by atoms with Gasteiger partial charge in [-0.2, -0.15) is 0 Å². The fourth-order valence-corrected chi connectivity index (χ4v) is 6.54. The van der Waals surface area contributed by atoms with Crippen LogP contribution in [0.25, 0.3) is 0 Å². The van der Waals surface area contributed by atoms with E-state index in [-0.39, 0.29) is 69.4 Å². The minimum absolute atomic E-state index is 0.0159. The molecule has 1 rings (SSSR count). The number of rotatable bonds is 29. The summed E-state index contributed by atoms with van der Waals surface area (Å²) >= 11 is 0. The van der Waals surface area contributed by atoms with Gasteiger partial charge in [-0.25, -0.2) is 4.79 Å². The van der Waals surface area contributed by atoms with E-state index in [1.807, 2.05) is 10.6 Å². The van der Waals surface area contributed by atoms with Gasteiger partial charge >= 0.3 is 23.9 Å². The predicted molar refractivity (Wildman–Crippen MR) is 225 cm³/mol. The smallest absolute Gasteiger partial charge is 0.326 e.